The average Bonchev–Trinajstić information content (AvgIpc) is 3.45. The van der Waals surface area contributed by atoms with Crippen molar-refractivity contribution in [2.75, 3.05) is 0 Å². The van der Waals surface area contributed by atoms with Gasteiger partial charge in [-0.2, -0.15) is 0 Å². The summed E-state index contributed by atoms with van der Waals surface area (Å²) in [5, 5.41) is 4.17. The van der Waals surface area contributed by atoms with E-state index in [2.05, 4.69) is 34.2 Å². The summed E-state index contributed by atoms with van der Waals surface area (Å²) in [6.07, 6.45) is 0. The lowest BCUT2D eigenvalue weighted by molar-refractivity contribution is 0.668. The Morgan fingerprint density at radius 2 is 1.00 bits per heavy atom. The summed E-state index contributed by atoms with van der Waals surface area (Å²) in [5.74, 6) is 1.69. The van der Waals surface area contributed by atoms with Crippen LogP contribution in [0.5, 0.6) is 0 Å². The van der Waals surface area contributed by atoms with Crippen molar-refractivity contribution in [3.8, 4) is 22.8 Å². The number of nitrogens with zero attached hydrogens (tertiary/aromatic N) is 3. The minimum Gasteiger partial charge on any atom is -0.456 e. The number of para-hydroxylation sites is 2. The molecule has 6 heteroatoms. The first-order valence-electron chi connectivity index (χ1n) is 11.1. The molecule has 0 aliphatic carbocycles. The molecule has 3 heterocycles. The smallest absolute Gasteiger partial charge is 0.163 e. The molecule has 0 aliphatic heterocycles. The number of aromatic nitrogens is 3. The van der Waals surface area contributed by atoms with Crippen molar-refractivity contribution in [3.63, 3.8) is 0 Å². The Kier molecular flexibility index (Phi) is 4.03. The zero-order valence-corrected chi connectivity index (χ0v) is 18.0. The van der Waals surface area contributed by atoms with Crippen molar-refractivity contribution in [1.29, 1.82) is 0 Å². The predicted octanol–water partition coefficient (Wildman–Crippen LogP) is 6.46. The average molecular weight is 442 g/mol. The van der Waals surface area contributed by atoms with Crippen LogP contribution in [0, 0.1) is 0 Å². The van der Waals surface area contributed by atoms with Crippen LogP contribution in [0.25, 0.3) is 66.7 Å². The lowest BCUT2D eigenvalue weighted by Crippen LogP contribution is -2.07. The van der Waals surface area contributed by atoms with Crippen LogP contribution in [0.4, 0.5) is 0 Å². The van der Waals surface area contributed by atoms with Crippen LogP contribution in [0.1, 0.15) is 5.82 Å². The summed E-state index contributed by atoms with van der Waals surface area (Å²) in [7, 11) is 0. The highest BCUT2D eigenvalue weighted by Crippen LogP contribution is 2.33. The van der Waals surface area contributed by atoms with E-state index in [0.29, 0.717) is 17.5 Å². The quantitative estimate of drug-likeness (QED) is 0.337. The van der Waals surface area contributed by atoms with Gasteiger partial charge in [0.2, 0.25) is 0 Å². The highest BCUT2D eigenvalue weighted by Gasteiger charge is 2.14. The second kappa shape index (κ2) is 7.23. The summed E-state index contributed by atoms with van der Waals surface area (Å²) in [4.78, 5) is 14.1. The van der Waals surface area contributed by atoms with E-state index in [0.717, 1.165) is 55.0 Å². The molecule has 0 aliphatic rings. The van der Waals surface area contributed by atoms with E-state index < -0.39 is 0 Å². The van der Waals surface area contributed by atoms with Crippen LogP contribution in [0.3, 0.4) is 0 Å². The molecule has 162 valence electrons. The molecule has 0 unspecified atom stereocenters. The molecule has 0 radical (unpaired) electrons. The maximum absolute atomic E-state index is 5.97. The van der Waals surface area contributed by atoms with Gasteiger partial charge in [-0.3, -0.25) is 0 Å². The number of furan rings is 2. The molecular weight excluding hydrogens is 424 g/mol. The Morgan fingerprint density at radius 1 is 0.529 bits per heavy atom. The largest absolute Gasteiger partial charge is 0.456 e. The molecule has 34 heavy (non-hydrogen) atoms. The van der Waals surface area contributed by atoms with Gasteiger partial charge >= 0.3 is 0 Å². The summed E-state index contributed by atoms with van der Waals surface area (Å²) in [6.45, 7) is 0.219. The van der Waals surface area contributed by atoms with Gasteiger partial charge < -0.3 is 14.6 Å². The zero-order chi connectivity index (χ0) is 22.6. The van der Waals surface area contributed by atoms with Crippen LogP contribution in [-0.4, -0.2) is 15.0 Å². The van der Waals surface area contributed by atoms with E-state index in [4.69, 9.17) is 19.6 Å². The SMILES string of the molecule is NCc1nc(-c2ccc3oc4ccccc4c3c2)nc(-c2ccc3oc4ccccc4c3c2)n1. The molecule has 0 saturated heterocycles. The number of rotatable bonds is 3. The standard InChI is InChI=1S/C28H18N4O2/c29-15-26-30-27(16-9-11-24-20(13-16)18-5-1-3-7-22(18)33-24)32-28(31-26)17-10-12-25-21(14-17)19-6-2-4-8-23(19)34-25/h1-14H,15,29H2. The van der Waals surface area contributed by atoms with Gasteiger partial charge in [0.25, 0.3) is 0 Å². The van der Waals surface area contributed by atoms with Crippen molar-refractivity contribution < 1.29 is 8.83 Å². The van der Waals surface area contributed by atoms with Crippen LogP contribution in [-0.2, 0) is 6.54 Å². The lowest BCUT2D eigenvalue weighted by Gasteiger charge is -2.07. The minimum atomic E-state index is 0.219. The summed E-state index contributed by atoms with van der Waals surface area (Å²) in [6, 6.07) is 28.0. The van der Waals surface area contributed by atoms with E-state index in [9.17, 15) is 0 Å². The third-order valence-electron chi connectivity index (χ3n) is 6.13. The Balaban J connectivity index is 1.41. The van der Waals surface area contributed by atoms with Crippen molar-refractivity contribution in [2.24, 2.45) is 5.73 Å². The fourth-order valence-electron chi connectivity index (χ4n) is 4.50. The molecule has 6 nitrogen and oxygen atoms in total. The van der Waals surface area contributed by atoms with E-state index in [1.165, 1.54) is 0 Å². The Morgan fingerprint density at radius 3 is 1.50 bits per heavy atom. The second-order valence-corrected chi connectivity index (χ2v) is 8.22. The first-order valence-corrected chi connectivity index (χ1v) is 11.1. The molecule has 0 amide bonds. The number of nitrogens with two attached hydrogens (primary N) is 1. The third kappa shape index (κ3) is 2.89. The van der Waals surface area contributed by atoms with Crippen molar-refractivity contribution in [3.05, 3.63) is 90.8 Å². The number of benzene rings is 4. The molecule has 0 bridgehead atoms. The van der Waals surface area contributed by atoms with E-state index in [1.807, 2.05) is 60.7 Å². The monoisotopic (exact) mass is 442 g/mol. The summed E-state index contributed by atoms with van der Waals surface area (Å²) < 4.78 is 11.9. The first-order chi connectivity index (χ1) is 16.8. The Labute approximate surface area is 193 Å². The topological polar surface area (TPSA) is 91.0 Å². The first kappa shape index (κ1) is 19.0. The fourth-order valence-corrected chi connectivity index (χ4v) is 4.50. The van der Waals surface area contributed by atoms with Crippen LogP contribution in [0.2, 0.25) is 0 Å². The van der Waals surface area contributed by atoms with Gasteiger partial charge in [-0.15, -0.1) is 0 Å². The molecule has 0 spiro atoms. The van der Waals surface area contributed by atoms with Gasteiger partial charge in [-0.25, -0.2) is 15.0 Å². The molecule has 0 atom stereocenters. The molecule has 3 aromatic heterocycles. The summed E-state index contributed by atoms with van der Waals surface area (Å²) in [5.41, 5.74) is 11.1. The number of fused-ring (bicyclic) bond motifs is 6. The van der Waals surface area contributed by atoms with Crippen molar-refractivity contribution in [2.45, 2.75) is 6.54 Å². The Hall–Kier alpha value is -4.55. The van der Waals surface area contributed by atoms with Gasteiger partial charge in [-0.1, -0.05) is 36.4 Å². The zero-order valence-electron chi connectivity index (χ0n) is 18.0. The van der Waals surface area contributed by atoms with Gasteiger partial charge in [0.15, 0.2) is 11.6 Å². The van der Waals surface area contributed by atoms with Crippen molar-refractivity contribution >= 4 is 43.9 Å². The van der Waals surface area contributed by atoms with Gasteiger partial charge in [0.05, 0.1) is 6.54 Å². The van der Waals surface area contributed by atoms with Crippen LogP contribution < -0.4 is 5.73 Å². The normalized spacial score (nSPS) is 11.8. The molecule has 2 N–H and O–H groups in total. The van der Waals surface area contributed by atoms with Gasteiger partial charge in [0.1, 0.15) is 28.2 Å². The molecular formula is C28H18N4O2. The number of hydrogen-bond donors (Lipinski definition) is 1. The van der Waals surface area contributed by atoms with E-state index in [-0.39, 0.29) is 6.54 Å². The minimum absolute atomic E-state index is 0.219. The maximum Gasteiger partial charge on any atom is 0.163 e. The molecule has 0 saturated carbocycles. The molecule has 7 aromatic rings. The predicted molar refractivity (Wildman–Crippen MR) is 133 cm³/mol. The lowest BCUT2D eigenvalue weighted by atomic mass is 10.1. The van der Waals surface area contributed by atoms with E-state index >= 15 is 0 Å². The van der Waals surface area contributed by atoms with Gasteiger partial charge in [0, 0.05) is 32.7 Å². The number of hydrogen-bond acceptors (Lipinski definition) is 6. The highest BCUT2D eigenvalue weighted by molar-refractivity contribution is 6.07. The Bertz CT molecular complexity index is 1730. The maximum atomic E-state index is 5.97. The van der Waals surface area contributed by atoms with E-state index in [1.54, 1.807) is 0 Å². The summed E-state index contributed by atoms with van der Waals surface area (Å²) >= 11 is 0. The third-order valence-corrected chi connectivity index (χ3v) is 6.13. The second-order valence-electron chi connectivity index (χ2n) is 8.22. The van der Waals surface area contributed by atoms with Crippen molar-refractivity contribution in [1.82, 2.24) is 15.0 Å². The molecule has 7 rings (SSSR count). The van der Waals surface area contributed by atoms with Gasteiger partial charge in [-0.05, 0) is 48.5 Å². The fraction of sp³-hybridized carbons (Fsp3) is 0.0357. The van der Waals surface area contributed by atoms with Crippen LogP contribution >= 0.6 is 0 Å². The molecule has 0 fully saturated rings. The highest BCUT2D eigenvalue weighted by atomic mass is 16.3. The molecule has 4 aromatic carbocycles. The van der Waals surface area contributed by atoms with Crippen LogP contribution in [0.15, 0.2) is 93.8 Å².